The van der Waals surface area contributed by atoms with Gasteiger partial charge >= 0.3 is 0 Å². The van der Waals surface area contributed by atoms with Crippen LogP contribution in [0.3, 0.4) is 0 Å². The summed E-state index contributed by atoms with van der Waals surface area (Å²) in [6.07, 6.45) is 6.60. The molecular formula is C15H20N4O2. The number of nitrogens with one attached hydrogen (secondary N) is 1. The molecule has 2 aromatic heterocycles. The van der Waals surface area contributed by atoms with Crippen LogP contribution < -0.4 is 0 Å². The molecule has 3 rings (SSSR count). The van der Waals surface area contributed by atoms with Crippen LogP contribution in [0.15, 0.2) is 22.9 Å². The molecule has 1 saturated heterocycles. The smallest absolute Gasteiger partial charge is 0.276 e. The Hall–Kier alpha value is -2.11. The molecule has 1 atom stereocenters. The Morgan fingerprint density at radius 1 is 1.52 bits per heavy atom. The first-order chi connectivity index (χ1) is 10.3. The van der Waals surface area contributed by atoms with Crippen LogP contribution in [-0.2, 0) is 6.42 Å². The molecule has 1 N–H and O–H groups in total. The normalized spacial score (nSPS) is 18.9. The highest BCUT2D eigenvalue weighted by molar-refractivity contribution is 5.92. The summed E-state index contributed by atoms with van der Waals surface area (Å²) in [4.78, 5) is 14.6. The van der Waals surface area contributed by atoms with Gasteiger partial charge in [-0.25, -0.2) is 0 Å². The lowest BCUT2D eigenvalue weighted by Gasteiger charge is -2.34. The monoisotopic (exact) mass is 288 g/mol. The van der Waals surface area contributed by atoms with Crippen LogP contribution in [-0.4, -0.2) is 32.7 Å². The van der Waals surface area contributed by atoms with E-state index < -0.39 is 0 Å². The summed E-state index contributed by atoms with van der Waals surface area (Å²) in [7, 11) is 0. The third-order valence-electron chi connectivity index (χ3n) is 3.92. The van der Waals surface area contributed by atoms with Crippen molar-refractivity contribution in [1.82, 2.24) is 20.3 Å². The van der Waals surface area contributed by atoms with Crippen LogP contribution in [0.1, 0.15) is 60.6 Å². The number of aromatic amines is 1. The number of likely N-dealkylation sites (tertiary alicyclic amines) is 1. The maximum absolute atomic E-state index is 12.7. The molecule has 1 aliphatic heterocycles. The first-order valence-electron chi connectivity index (χ1n) is 7.55. The van der Waals surface area contributed by atoms with E-state index in [2.05, 4.69) is 22.3 Å². The predicted octanol–water partition coefficient (Wildman–Crippen LogP) is 2.72. The number of piperidine rings is 1. The van der Waals surface area contributed by atoms with Crippen molar-refractivity contribution in [1.29, 1.82) is 0 Å². The lowest BCUT2D eigenvalue weighted by Crippen LogP contribution is -2.38. The molecular weight excluding hydrogens is 268 g/mol. The molecule has 1 aliphatic rings. The summed E-state index contributed by atoms with van der Waals surface area (Å²) in [6, 6.07) is 3.76. The molecule has 21 heavy (non-hydrogen) atoms. The summed E-state index contributed by atoms with van der Waals surface area (Å²) < 4.78 is 5.23. The van der Waals surface area contributed by atoms with Crippen molar-refractivity contribution in [3.05, 3.63) is 35.5 Å². The van der Waals surface area contributed by atoms with Crippen molar-refractivity contribution in [2.45, 2.75) is 45.1 Å². The van der Waals surface area contributed by atoms with Gasteiger partial charge in [-0.3, -0.25) is 9.89 Å². The van der Waals surface area contributed by atoms with Crippen molar-refractivity contribution >= 4 is 5.91 Å². The van der Waals surface area contributed by atoms with Crippen LogP contribution in [0.4, 0.5) is 0 Å². The van der Waals surface area contributed by atoms with Crippen molar-refractivity contribution < 1.29 is 9.32 Å². The van der Waals surface area contributed by atoms with E-state index in [-0.39, 0.29) is 11.9 Å². The van der Waals surface area contributed by atoms with E-state index in [9.17, 15) is 4.79 Å². The van der Waals surface area contributed by atoms with Gasteiger partial charge in [-0.15, -0.1) is 0 Å². The van der Waals surface area contributed by atoms with E-state index in [4.69, 9.17) is 4.52 Å². The minimum atomic E-state index is -0.0552. The Morgan fingerprint density at radius 3 is 3.19 bits per heavy atom. The quantitative estimate of drug-likeness (QED) is 0.938. The molecule has 0 saturated carbocycles. The Labute approximate surface area is 123 Å². The molecule has 1 unspecified atom stereocenters. The summed E-state index contributed by atoms with van der Waals surface area (Å²) in [5, 5.41) is 10.9. The van der Waals surface area contributed by atoms with Gasteiger partial charge < -0.3 is 9.42 Å². The number of rotatable bonds is 4. The Kier molecular flexibility index (Phi) is 4.03. The van der Waals surface area contributed by atoms with Gasteiger partial charge in [0.2, 0.25) is 0 Å². The fourth-order valence-corrected chi connectivity index (χ4v) is 2.88. The average Bonchev–Trinajstić information content (AvgIpc) is 3.18. The Balaban J connectivity index is 1.80. The Morgan fingerprint density at radius 2 is 2.43 bits per heavy atom. The molecule has 3 heterocycles. The molecule has 0 bridgehead atoms. The van der Waals surface area contributed by atoms with E-state index in [1.807, 2.05) is 11.0 Å². The number of aromatic nitrogens is 3. The summed E-state index contributed by atoms with van der Waals surface area (Å²) >= 11 is 0. The number of nitrogens with zero attached hydrogens (tertiary/aromatic N) is 3. The van der Waals surface area contributed by atoms with E-state index in [0.717, 1.165) is 50.1 Å². The molecule has 1 amide bonds. The number of H-pyrrole nitrogens is 1. The van der Waals surface area contributed by atoms with Crippen molar-refractivity contribution in [2.24, 2.45) is 0 Å². The molecule has 6 heteroatoms. The second-order valence-corrected chi connectivity index (χ2v) is 5.45. The van der Waals surface area contributed by atoms with Crippen molar-refractivity contribution in [3.63, 3.8) is 0 Å². The van der Waals surface area contributed by atoms with E-state index >= 15 is 0 Å². The predicted molar refractivity (Wildman–Crippen MR) is 76.7 cm³/mol. The van der Waals surface area contributed by atoms with Gasteiger partial charge in [0.25, 0.3) is 5.91 Å². The van der Waals surface area contributed by atoms with Crippen LogP contribution in [0.5, 0.6) is 0 Å². The van der Waals surface area contributed by atoms with Crippen LogP contribution in [0, 0.1) is 0 Å². The van der Waals surface area contributed by atoms with Crippen LogP contribution in [0.2, 0.25) is 0 Å². The standard InChI is InChI=1S/C15H20N4O2/c1-2-5-11-10-13(18-21-11)15(20)19-9-4-3-6-14(19)12-7-8-16-17-12/h7-8,10,14H,2-6,9H2,1H3,(H,16,17). The molecule has 0 aromatic carbocycles. The molecule has 2 aromatic rings. The fourth-order valence-electron chi connectivity index (χ4n) is 2.88. The van der Waals surface area contributed by atoms with Crippen LogP contribution >= 0.6 is 0 Å². The highest BCUT2D eigenvalue weighted by atomic mass is 16.5. The fraction of sp³-hybridized carbons (Fsp3) is 0.533. The third kappa shape index (κ3) is 2.84. The zero-order chi connectivity index (χ0) is 14.7. The topological polar surface area (TPSA) is 75.0 Å². The zero-order valence-electron chi connectivity index (χ0n) is 12.2. The minimum absolute atomic E-state index is 0.0552. The molecule has 0 aliphatic carbocycles. The van der Waals surface area contributed by atoms with Crippen LogP contribution in [0.25, 0.3) is 0 Å². The van der Waals surface area contributed by atoms with Gasteiger partial charge in [0, 0.05) is 25.2 Å². The average molecular weight is 288 g/mol. The highest BCUT2D eigenvalue weighted by Gasteiger charge is 2.31. The first-order valence-corrected chi connectivity index (χ1v) is 7.55. The van der Waals surface area contributed by atoms with Gasteiger partial charge in [-0.2, -0.15) is 5.10 Å². The second kappa shape index (κ2) is 6.11. The van der Waals surface area contributed by atoms with Gasteiger partial charge in [-0.05, 0) is 31.7 Å². The zero-order valence-corrected chi connectivity index (χ0v) is 12.2. The SMILES string of the molecule is CCCc1cc(C(=O)N2CCCCC2c2ccn[nH]2)no1. The van der Waals surface area contributed by atoms with Gasteiger partial charge in [-0.1, -0.05) is 12.1 Å². The molecule has 1 fully saturated rings. The second-order valence-electron chi connectivity index (χ2n) is 5.45. The van der Waals surface area contributed by atoms with E-state index in [1.165, 1.54) is 0 Å². The summed E-state index contributed by atoms with van der Waals surface area (Å²) in [5.41, 5.74) is 1.39. The van der Waals surface area contributed by atoms with Crippen molar-refractivity contribution in [2.75, 3.05) is 6.54 Å². The maximum atomic E-state index is 12.7. The van der Waals surface area contributed by atoms with E-state index in [1.54, 1.807) is 12.3 Å². The number of hydrogen-bond acceptors (Lipinski definition) is 4. The highest BCUT2D eigenvalue weighted by Crippen LogP contribution is 2.30. The minimum Gasteiger partial charge on any atom is -0.361 e. The molecule has 0 radical (unpaired) electrons. The number of amides is 1. The third-order valence-corrected chi connectivity index (χ3v) is 3.92. The first kappa shape index (κ1) is 13.9. The van der Waals surface area contributed by atoms with Gasteiger partial charge in [0.15, 0.2) is 5.69 Å². The number of carbonyl (C=O) groups excluding carboxylic acids is 1. The Bertz CT molecular complexity index is 591. The maximum Gasteiger partial charge on any atom is 0.276 e. The molecule has 112 valence electrons. The number of hydrogen-bond donors (Lipinski definition) is 1. The lowest BCUT2D eigenvalue weighted by atomic mass is 9.99. The van der Waals surface area contributed by atoms with Gasteiger partial charge in [0.05, 0.1) is 11.7 Å². The number of aryl methyl sites for hydroxylation is 1. The summed E-state index contributed by atoms with van der Waals surface area (Å²) in [6.45, 7) is 2.82. The summed E-state index contributed by atoms with van der Waals surface area (Å²) in [5.74, 6) is 0.719. The lowest BCUT2D eigenvalue weighted by molar-refractivity contribution is 0.0595. The largest absolute Gasteiger partial charge is 0.361 e. The molecule has 0 spiro atoms. The van der Waals surface area contributed by atoms with Gasteiger partial charge in [0.1, 0.15) is 5.76 Å². The molecule has 6 nitrogen and oxygen atoms in total. The van der Waals surface area contributed by atoms with E-state index in [0.29, 0.717) is 5.69 Å². The number of carbonyl (C=O) groups is 1. The van der Waals surface area contributed by atoms with Crippen molar-refractivity contribution in [3.8, 4) is 0 Å².